The lowest BCUT2D eigenvalue weighted by atomic mass is 10.1. The predicted octanol–water partition coefficient (Wildman–Crippen LogP) is 4.31. The molecule has 0 unspecified atom stereocenters. The standard InChI is InChI=1S/C26H33N7O3/c1-7-10-35-20-15-33(21-11-19(12-27)8-9-28-21)24-22(20)23(29-16-30-24)31-13-18(3)32(14-17(31)2)25(34)36-26(4,5)6/h8-9,11,15-18H,7,10,13-14H2,1-6H3/t17-,18+/m0/s1. The quantitative estimate of drug-likeness (QED) is 0.519. The van der Waals surface area contributed by atoms with Crippen LogP contribution in [0.2, 0.25) is 0 Å². The van der Waals surface area contributed by atoms with Gasteiger partial charge in [0.15, 0.2) is 11.4 Å². The largest absolute Gasteiger partial charge is 0.491 e. The molecule has 4 heterocycles. The number of carbonyl (C=O) groups is 1. The van der Waals surface area contributed by atoms with Crippen molar-refractivity contribution >= 4 is 22.9 Å². The van der Waals surface area contributed by atoms with Crippen LogP contribution in [0.1, 0.15) is 53.5 Å². The fourth-order valence-corrected chi connectivity index (χ4v) is 4.34. The van der Waals surface area contributed by atoms with Crippen molar-refractivity contribution in [3.8, 4) is 17.6 Å². The molecule has 10 nitrogen and oxygen atoms in total. The normalized spacial score (nSPS) is 18.2. The second kappa shape index (κ2) is 10.0. The van der Waals surface area contributed by atoms with E-state index in [4.69, 9.17) is 9.47 Å². The smallest absolute Gasteiger partial charge is 0.410 e. The van der Waals surface area contributed by atoms with Crippen molar-refractivity contribution < 1.29 is 14.3 Å². The molecule has 0 spiro atoms. The van der Waals surface area contributed by atoms with E-state index in [-0.39, 0.29) is 18.2 Å². The highest BCUT2D eigenvalue weighted by atomic mass is 16.6. The maximum absolute atomic E-state index is 12.8. The minimum atomic E-state index is -0.554. The van der Waals surface area contributed by atoms with Crippen LogP contribution in [-0.4, -0.2) is 67.9 Å². The number of rotatable bonds is 5. The van der Waals surface area contributed by atoms with Gasteiger partial charge in [0, 0.05) is 31.4 Å². The van der Waals surface area contributed by atoms with E-state index in [9.17, 15) is 10.1 Å². The summed E-state index contributed by atoms with van der Waals surface area (Å²) < 4.78 is 13.6. The molecule has 0 saturated carbocycles. The molecule has 0 N–H and O–H groups in total. The highest BCUT2D eigenvalue weighted by Crippen LogP contribution is 2.37. The Kier molecular flexibility index (Phi) is 7.02. The third kappa shape index (κ3) is 5.05. The second-order valence-corrected chi connectivity index (χ2v) is 10.1. The summed E-state index contributed by atoms with van der Waals surface area (Å²) in [6, 6.07) is 5.44. The van der Waals surface area contributed by atoms with Gasteiger partial charge in [-0.2, -0.15) is 5.26 Å². The Balaban J connectivity index is 1.75. The maximum Gasteiger partial charge on any atom is 0.410 e. The van der Waals surface area contributed by atoms with Crippen molar-refractivity contribution in [2.24, 2.45) is 0 Å². The van der Waals surface area contributed by atoms with Gasteiger partial charge in [-0.3, -0.25) is 4.57 Å². The van der Waals surface area contributed by atoms with Gasteiger partial charge < -0.3 is 19.3 Å². The van der Waals surface area contributed by atoms with Crippen molar-refractivity contribution in [3.05, 3.63) is 36.4 Å². The van der Waals surface area contributed by atoms with Crippen LogP contribution >= 0.6 is 0 Å². The van der Waals surface area contributed by atoms with Gasteiger partial charge in [-0.25, -0.2) is 19.7 Å². The predicted molar refractivity (Wildman–Crippen MR) is 136 cm³/mol. The van der Waals surface area contributed by atoms with Gasteiger partial charge in [0.25, 0.3) is 0 Å². The number of fused-ring (bicyclic) bond motifs is 1. The van der Waals surface area contributed by atoms with E-state index in [1.54, 1.807) is 23.2 Å². The van der Waals surface area contributed by atoms with Crippen LogP contribution in [0, 0.1) is 11.3 Å². The molecule has 0 radical (unpaired) electrons. The molecule has 0 bridgehead atoms. The van der Waals surface area contributed by atoms with Gasteiger partial charge in [-0.05, 0) is 53.2 Å². The monoisotopic (exact) mass is 491 g/mol. The molecule has 36 heavy (non-hydrogen) atoms. The summed E-state index contributed by atoms with van der Waals surface area (Å²) in [5, 5.41) is 10.1. The van der Waals surface area contributed by atoms with Crippen LogP contribution in [0.15, 0.2) is 30.9 Å². The highest BCUT2D eigenvalue weighted by Gasteiger charge is 2.36. The van der Waals surface area contributed by atoms with Gasteiger partial charge in [0.1, 0.15) is 29.0 Å². The molecule has 3 aromatic heterocycles. The van der Waals surface area contributed by atoms with E-state index in [1.807, 2.05) is 45.4 Å². The number of piperazine rings is 1. The van der Waals surface area contributed by atoms with Gasteiger partial charge >= 0.3 is 6.09 Å². The molecule has 1 aliphatic heterocycles. The summed E-state index contributed by atoms with van der Waals surface area (Å²) in [5.74, 6) is 1.97. The number of hydrogen-bond acceptors (Lipinski definition) is 8. The van der Waals surface area contributed by atoms with Crippen LogP contribution in [0.3, 0.4) is 0 Å². The molecule has 3 aromatic rings. The summed E-state index contributed by atoms with van der Waals surface area (Å²) in [6.45, 7) is 13.4. The molecule has 1 fully saturated rings. The van der Waals surface area contributed by atoms with E-state index >= 15 is 0 Å². The van der Waals surface area contributed by atoms with Crippen molar-refractivity contribution in [1.29, 1.82) is 5.26 Å². The number of nitriles is 1. The van der Waals surface area contributed by atoms with Gasteiger partial charge in [-0.1, -0.05) is 6.92 Å². The zero-order valence-corrected chi connectivity index (χ0v) is 21.7. The molecule has 1 saturated heterocycles. The van der Waals surface area contributed by atoms with Gasteiger partial charge in [-0.15, -0.1) is 0 Å². The minimum absolute atomic E-state index is 0.0192. The summed E-state index contributed by atoms with van der Waals surface area (Å²) in [7, 11) is 0. The van der Waals surface area contributed by atoms with Crippen LogP contribution in [0.5, 0.6) is 5.75 Å². The van der Waals surface area contributed by atoms with Crippen LogP contribution in [-0.2, 0) is 4.74 Å². The molecule has 0 aromatic carbocycles. The number of nitrogens with zero attached hydrogens (tertiary/aromatic N) is 7. The van der Waals surface area contributed by atoms with Crippen LogP contribution < -0.4 is 9.64 Å². The summed E-state index contributed by atoms with van der Waals surface area (Å²) in [5.41, 5.74) is 0.595. The summed E-state index contributed by atoms with van der Waals surface area (Å²) >= 11 is 0. The number of amides is 1. The van der Waals surface area contributed by atoms with E-state index in [2.05, 4.69) is 32.8 Å². The first-order chi connectivity index (χ1) is 17.1. The molecule has 1 amide bonds. The first-order valence-corrected chi connectivity index (χ1v) is 12.2. The molecular formula is C26H33N7O3. The molecule has 1 aliphatic rings. The first-order valence-electron chi connectivity index (χ1n) is 12.2. The lowest BCUT2D eigenvalue weighted by Crippen LogP contribution is -2.59. The van der Waals surface area contributed by atoms with Crippen molar-refractivity contribution in [1.82, 2.24) is 24.4 Å². The minimum Gasteiger partial charge on any atom is -0.491 e. The SMILES string of the molecule is CCCOc1cn(-c2cc(C#N)ccn2)c2ncnc(N3C[C@@H](C)N(C(=O)OC(C)(C)C)C[C@@H]3C)c12. The molecule has 0 aliphatic carbocycles. The zero-order valence-electron chi connectivity index (χ0n) is 21.7. The third-order valence-electron chi connectivity index (χ3n) is 6.00. The van der Waals surface area contributed by atoms with E-state index < -0.39 is 5.60 Å². The van der Waals surface area contributed by atoms with Crippen LogP contribution in [0.4, 0.5) is 10.6 Å². The van der Waals surface area contributed by atoms with E-state index in [1.165, 1.54) is 6.33 Å². The van der Waals surface area contributed by atoms with Crippen molar-refractivity contribution in [3.63, 3.8) is 0 Å². The van der Waals surface area contributed by atoms with Gasteiger partial charge in [0.05, 0.1) is 24.4 Å². The number of anilines is 1. The number of aromatic nitrogens is 4. The maximum atomic E-state index is 12.8. The Morgan fingerprint density at radius 2 is 1.97 bits per heavy atom. The Hall–Kier alpha value is -3.87. The second-order valence-electron chi connectivity index (χ2n) is 10.1. The summed E-state index contributed by atoms with van der Waals surface area (Å²) in [6.07, 6.45) is 5.53. The lowest BCUT2D eigenvalue weighted by molar-refractivity contribution is 0.0130. The number of pyridine rings is 1. The average molecular weight is 492 g/mol. The number of ether oxygens (including phenoxy) is 2. The summed E-state index contributed by atoms with van der Waals surface area (Å²) in [4.78, 5) is 30.5. The number of hydrogen-bond donors (Lipinski definition) is 0. The average Bonchev–Trinajstić information content (AvgIpc) is 3.21. The molecule has 4 rings (SSSR count). The fraction of sp³-hybridized carbons (Fsp3) is 0.500. The van der Waals surface area contributed by atoms with E-state index in [0.29, 0.717) is 42.5 Å². The Bertz CT molecular complexity index is 1290. The topological polar surface area (TPSA) is 109 Å². The molecule has 190 valence electrons. The van der Waals surface area contributed by atoms with E-state index in [0.717, 1.165) is 17.6 Å². The molecule has 10 heteroatoms. The Morgan fingerprint density at radius 3 is 2.67 bits per heavy atom. The first kappa shape index (κ1) is 25.2. The van der Waals surface area contributed by atoms with Crippen LogP contribution in [0.25, 0.3) is 16.9 Å². The number of carbonyl (C=O) groups excluding carboxylic acids is 1. The third-order valence-corrected chi connectivity index (χ3v) is 6.00. The van der Waals surface area contributed by atoms with Crippen molar-refractivity contribution in [2.45, 2.75) is 65.6 Å². The lowest BCUT2D eigenvalue weighted by Gasteiger charge is -2.44. The zero-order chi connectivity index (χ0) is 26.0. The van der Waals surface area contributed by atoms with Gasteiger partial charge in [0.2, 0.25) is 0 Å². The fourth-order valence-electron chi connectivity index (χ4n) is 4.34. The molecule has 2 atom stereocenters. The highest BCUT2D eigenvalue weighted by molar-refractivity contribution is 5.95. The van der Waals surface area contributed by atoms with Crippen molar-refractivity contribution in [2.75, 3.05) is 24.6 Å². The Labute approximate surface area is 211 Å². The Morgan fingerprint density at radius 1 is 1.19 bits per heavy atom. The molecular weight excluding hydrogens is 458 g/mol.